The van der Waals surface area contributed by atoms with Crippen molar-refractivity contribution in [3.8, 4) is 11.6 Å². The van der Waals surface area contributed by atoms with Gasteiger partial charge in [0.25, 0.3) is 0 Å². The minimum absolute atomic E-state index is 0.405. The van der Waals surface area contributed by atoms with Crippen molar-refractivity contribution < 1.29 is 4.74 Å². The van der Waals surface area contributed by atoms with Crippen LogP contribution >= 0.6 is 11.6 Å². The minimum Gasteiger partial charge on any atom is -0.436 e. The molecule has 88 valence electrons. The van der Waals surface area contributed by atoms with Gasteiger partial charge in [-0.15, -0.1) is 0 Å². The van der Waals surface area contributed by atoms with E-state index >= 15 is 0 Å². The second-order valence-corrected chi connectivity index (χ2v) is 3.94. The Bertz CT molecular complexity index is 531. The van der Waals surface area contributed by atoms with Crippen molar-refractivity contribution in [3.63, 3.8) is 0 Å². The lowest BCUT2D eigenvalue weighted by molar-refractivity contribution is 0.461. The molecule has 0 saturated carbocycles. The van der Waals surface area contributed by atoms with Gasteiger partial charge in [-0.05, 0) is 24.6 Å². The van der Waals surface area contributed by atoms with Crippen molar-refractivity contribution in [2.45, 2.75) is 6.92 Å². The molecule has 5 heteroatoms. The van der Waals surface area contributed by atoms with Gasteiger partial charge < -0.3 is 10.1 Å². The average Bonchev–Trinajstić information content (AvgIpc) is 2.33. The topological polar surface area (TPSA) is 47.0 Å². The number of aromatic nitrogens is 2. The summed E-state index contributed by atoms with van der Waals surface area (Å²) in [6, 6.07) is 5.58. The number of hydrogen-bond donors (Lipinski definition) is 1. The van der Waals surface area contributed by atoms with Gasteiger partial charge in [-0.3, -0.25) is 4.98 Å². The van der Waals surface area contributed by atoms with Crippen molar-refractivity contribution in [3.05, 3.63) is 41.2 Å². The van der Waals surface area contributed by atoms with Gasteiger partial charge in [0.05, 0.1) is 17.4 Å². The highest BCUT2D eigenvalue weighted by Gasteiger charge is 2.05. The van der Waals surface area contributed by atoms with Crippen molar-refractivity contribution in [2.75, 3.05) is 12.4 Å². The Kier molecular flexibility index (Phi) is 3.44. The zero-order valence-corrected chi connectivity index (χ0v) is 10.3. The third-order valence-corrected chi connectivity index (χ3v) is 2.47. The summed E-state index contributed by atoms with van der Waals surface area (Å²) in [5, 5.41) is 3.45. The fourth-order valence-electron chi connectivity index (χ4n) is 1.32. The number of anilines is 1. The summed E-state index contributed by atoms with van der Waals surface area (Å²) < 4.78 is 5.56. The maximum absolute atomic E-state index is 6.06. The molecule has 0 aliphatic heterocycles. The summed E-state index contributed by atoms with van der Waals surface area (Å²) in [6.45, 7) is 1.97. The molecule has 4 nitrogen and oxygen atoms in total. The van der Waals surface area contributed by atoms with Gasteiger partial charge in [0.15, 0.2) is 0 Å². The van der Waals surface area contributed by atoms with Gasteiger partial charge in [0, 0.05) is 7.05 Å². The van der Waals surface area contributed by atoms with Crippen molar-refractivity contribution in [1.29, 1.82) is 0 Å². The highest BCUT2D eigenvalue weighted by molar-refractivity contribution is 6.32. The second-order valence-electron chi connectivity index (χ2n) is 3.53. The first-order valence-corrected chi connectivity index (χ1v) is 5.50. The fraction of sp³-hybridized carbons (Fsp3) is 0.167. The molecular formula is C12H12ClN3O. The van der Waals surface area contributed by atoms with E-state index in [-0.39, 0.29) is 0 Å². The van der Waals surface area contributed by atoms with Crippen LogP contribution < -0.4 is 10.1 Å². The Morgan fingerprint density at radius 1 is 1.29 bits per heavy atom. The molecule has 2 aromatic rings. The zero-order chi connectivity index (χ0) is 12.3. The van der Waals surface area contributed by atoms with Crippen LogP contribution in [0.1, 0.15) is 5.56 Å². The predicted molar refractivity (Wildman–Crippen MR) is 67.8 cm³/mol. The predicted octanol–water partition coefficient (Wildman–Crippen LogP) is 3.27. The molecule has 0 fully saturated rings. The lowest BCUT2D eigenvalue weighted by Crippen LogP contribution is -1.96. The Morgan fingerprint density at radius 3 is 2.82 bits per heavy atom. The lowest BCUT2D eigenvalue weighted by Gasteiger charge is -2.07. The van der Waals surface area contributed by atoms with Gasteiger partial charge in [0.2, 0.25) is 5.88 Å². The van der Waals surface area contributed by atoms with E-state index in [1.54, 1.807) is 13.2 Å². The van der Waals surface area contributed by atoms with E-state index in [2.05, 4.69) is 15.3 Å². The molecule has 0 atom stereocenters. The largest absolute Gasteiger partial charge is 0.436 e. The summed E-state index contributed by atoms with van der Waals surface area (Å²) in [6.07, 6.45) is 3.15. The maximum atomic E-state index is 6.06. The number of rotatable bonds is 3. The van der Waals surface area contributed by atoms with E-state index in [9.17, 15) is 0 Å². The number of nitrogens with zero attached hydrogens (tertiary/aromatic N) is 2. The SMILES string of the molecule is CNc1cncc(Oc2ccc(C)cc2Cl)n1. The highest BCUT2D eigenvalue weighted by atomic mass is 35.5. The van der Waals surface area contributed by atoms with E-state index < -0.39 is 0 Å². The number of aryl methyl sites for hydroxylation is 1. The Labute approximate surface area is 105 Å². The molecule has 0 radical (unpaired) electrons. The van der Waals surface area contributed by atoms with Gasteiger partial charge in [-0.25, -0.2) is 0 Å². The molecule has 0 amide bonds. The molecule has 0 spiro atoms. The Morgan fingerprint density at radius 2 is 2.12 bits per heavy atom. The molecule has 1 aromatic heterocycles. The van der Waals surface area contributed by atoms with E-state index in [4.69, 9.17) is 16.3 Å². The number of nitrogens with one attached hydrogen (secondary N) is 1. The Hall–Kier alpha value is -1.81. The number of halogens is 1. The lowest BCUT2D eigenvalue weighted by atomic mass is 10.2. The van der Waals surface area contributed by atoms with Crippen LogP contribution in [0.2, 0.25) is 5.02 Å². The fourth-order valence-corrected chi connectivity index (χ4v) is 1.59. The van der Waals surface area contributed by atoms with Crippen LogP contribution in [0.15, 0.2) is 30.6 Å². The van der Waals surface area contributed by atoms with Crippen molar-refractivity contribution in [1.82, 2.24) is 9.97 Å². The molecule has 0 aliphatic rings. The standard InChI is InChI=1S/C12H12ClN3O/c1-8-3-4-10(9(13)5-8)17-12-7-15-6-11(14-2)16-12/h3-7H,1-2H3,(H,14,16). The molecular weight excluding hydrogens is 238 g/mol. The third kappa shape index (κ3) is 2.85. The maximum Gasteiger partial charge on any atom is 0.239 e. The molecule has 17 heavy (non-hydrogen) atoms. The normalized spacial score (nSPS) is 10.1. The third-order valence-electron chi connectivity index (χ3n) is 2.17. The number of hydrogen-bond acceptors (Lipinski definition) is 4. The quantitative estimate of drug-likeness (QED) is 0.907. The van der Waals surface area contributed by atoms with Crippen LogP contribution in [0.5, 0.6) is 11.6 Å². The molecule has 1 heterocycles. The summed E-state index contributed by atoms with van der Waals surface area (Å²) in [4.78, 5) is 8.20. The van der Waals surface area contributed by atoms with Crippen LogP contribution in [-0.4, -0.2) is 17.0 Å². The van der Waals surface area contributed by atoms with E-state index in [1.165, 1.54) is 6.20 Å². The monoisotopic (exact) mass is 249 g/mol. The molecule has 0 unspecified atom stereocenters. The summed E-state index contributed by atoms with van der Waals surface area (Å²) in [5.41, 5.74) is 1.08. The van der Waals surface area contributed by atoms with Gasteiger partial charge >= 0.3 is 0 Å². The molecule has 1 aromatic carbocycles. The second kappa shape index (κ2) is 5.01. The first-order chi connectivity index (χ1) is 8.19. The first kappa shape index (κ1) is 11.7. The minimum atomic E-state index is 0.405. The number of ether oxygens (including phenoxy) is 1. The molecule has 0 saturated heterocycles. The van der Waals surface area contributed by atoms with Crippen LogP contribution in [-0.2, 0) is 0 Å². The van der Waals surface area contributed by atoms with Gasteiger partial charge in [0.1, 0.15) is 11.6 Å². The molecule has 0 aliphatic carbocycles. The van der Waals surface area contributed by atoms with E-state index in [0.717, 1.165) is 5.56 Å². The van der Waals surface area contributed by atoms with Crippen LogP contribution in [0.25, 0.3) is 0 Å². The Balaban J connectivity index is 2.25. The van der Waals surface area contributed by atoms with Crippen molar-refractivity contribution >= 4 is 17.4 Å². The molecule has 2 rings (SSSR count). The number of benzene rings is 1. The zero-order valence-electron chi connectivity index (χ0n) is 9.57. The first-order valence-electron chi connectivity index (χ1n) is 5.13. The molecule has 0 bridgehead atoms. The molecule has 1 N–H and O–H groups in total. The van der Waals surface area contributed by atoms with Crippen LogP contribution in [0.3, 0.4) is 0 Å². The van der Waals surface area contributed by atoms with E-state index in [0.29, 0.717) is 22.5 Å². The summed E-state index contributed by atoms with van der Waals surface area (Å²) in [7, 11) is 1.77. The van der Waals surface area contributed by atoms with E-state index in [1.807, 2.05) is 25.1 Å². The highest BCUT2D eigenvalue weighted by Crippen LogP contribution is 2.29. The van der Waals surface area contributed by atoms with Crippen LogP contribution in [0.4, 0.5) is 5.82 Å². The summed E-state index contributed by atoms with van der Waals surface area (Å²) >= 11 is 6.06. The van der Waals surface area contributed by atoms with Crippen LogP contribution in [0, 0.1) is 6.92 Å². The van der Waals surface area contributed by atoms with Crippen molar-refractivity contribution in [2.24, 2.45) is 0 Å². The smallest absolute Gasteiger partial charge is 0.239 e. The van der Waals surface area contributed by atoms with Gasteiger partial charge in [-0.2, -0.15) is 4.98 Å². The average molecular weight is 250 g/mol. The van der Waals surface area contributed by atoms with Gasteiger partial charge in [-0.1, -0.05) is 17.7 Å². The summed E-state index contributed by atoms with van der Waals surface area (Å²) in [5.74, 6) is 1.62.